The van der Waals surface area contributed by atoms with Crippen LogP contribution in [0, 0.1) is 18.3 Å². The second-order valence-electron chi connectivity index (χ2n) is 11.5. The monoisotopic (exact) mass is 523 g/mol. The molecule has 0 saturated carbocycles. The third-order valence-corrected chi connectivity index (χ3v) is 7.90. The highest BCUT2D eigenvalue weighted by Gasteiger charge is 2.63. The van der Waals surface area contributed by atoms with Crippen molar-refractivity contribution in [3.05, 3.63) is 76.9 Å². The Kier molecular flexibility index (Phi) is 5.57. The number of pyridine rings is 1. The van der Waals surface area contributed by atoms with Crippen LogP contribution in [0.3, 0.4) is 0 Å². The van der Waals surface area contributed by atoms with Gasteiger partial charge < -0.3 is 9.80 Å². The summed E-state index contributed by atoms with van der Waals surface area (Å²) in [5.74, 6) is -0.556. The van der Waals surface area contributed by atoms with Crippen molar-refractivity contribution < 1.29 is 14.4 Å². The van der Waals surface area contributed by atoms with E-state index < -0.39 is 18.1 Å². The Morgan fingerprint density at radius 2 is 1.90 bits per heavy atom. The predicted molar refractivity (Wildman–Crippen MR) is 142 cm³/mol. The van der Waals surface area contributed by atoms with Gasteiger partial charge in [0.25, 0.3) is 11.8 Å². The van der Waals surface area contributed by atoms with Crippen LogP contribution in [0.4, 0.5) is 10.5 Å². The van der Waals surface area contributed by atoms with Gasteiger partial charge in [0, 0.05) is 12.0 Å². The van der Waals surface area contributed by atoms with E-state index in [9.17, 15) is 19.6 Å². The number of anilines is 1. The minimum Gasteiger partial charge on any atom is -0.330 e. The van der Waals surface area contributed by atoms with Crippen LogP contribution in [-0.2, 0) is 16.8 Å². The van der Waals surface area contributed by atoms with Crippen molar-refractivity contribution >= 4 is 23.5 Å². The molecule has 3 saturated heterocycles. The molecule has 10 nitrogen and oxygen atoms in total. The van der Waals surface area contributed by atoms with Gasteiger partial charge in [-0.3, -0.25) is 14.3 Å². The normalized spacial score (nSPS) is 22.0. The second kappa shape index (κ2) is 8.76. The van der Waals surface area contributed by atoms with E-state index in [0.717, 1.165) is 16.2 Å². The molecule has 2 aromatic heterocycles. The zero-order valence-electron chi connectivity index (χ0n) is 22.3. The largest absolute Gasteiger partial charge is 0.332 e. The van der Waals surface area contributed by atoms with Gasteiger partial charge in [-0.05, 0) is 36.6 Å². The van der Waals surface area contributed by atoms with Gasteiger partial charge in [0.15, 0.2) is 0 Å². The zero-order valence-corrected chi connectivity index (χ0v) is 22.3. The first-order valence-corrected chi connectivity index (χ1v) is 13.0. The fourth-order valence-corrected chi connectivity index (χ4v) is 5.91. The molecule has 1 aromatic carbocycles. The summed E-state index contributed by atoms with van der Waals surface area (Å²) < 4.78 is 1.75. The van der Waals surface area contributed by atoms with Crippen molar-refractivity contribution in [1.82, 2.24) is 24.6 Å². The van der Waals surface area contributed by atoms with Gasteiger partial charge in [0.2, 0.25) is 0 Å². The number of carbonyl (C=O) groups is 3. The van der Waals surface area contributed by atoms with Gasteiger partial charge in [-0.2, -0.15) is 10.4 Å². The van der Waals surface area contributed by atoms with Crippen LogP contribution in [0.1, 0.15) is 60.2 Å². The number of imide groups is 1. The van der Waals surface area contributed by atoms with Crippen LogP contribution >= 0.6 is 0 Å². The highest BCUT2D eigenvalue weighted by molar-refractivity contribution is 6.22. The lowest BCUT2D eigenvalue weighted by Gasteiger charge is -2.34. The maximum absolute atomic E-state index is 14.0. The Bertz CT molecular complexity index is 1550. The van der Waals surface area contributed by atoms with E-state index in [1.165, 1.54) is 6.20 Å². The smallest absolute Gasteiger partial charge is 0.330 e. The Hall–Kier alpha value is -4.52. The third kappa shape index (κ3) is 3.88. The number of urea groups is 1. The Morgan fingerprint density at radius 1 is 1.15 bits per heavy atom. The highest BCUT2D eigenvalue weighted by Crippen LogP contribution is 2.43. The molecule has 0 N–H and O–H groups in total. The SMILES string of the molecule is Cc1cc(N2C(=O)C3C4CC(CN4C(=O)c4cc(C(C)(C)C)nn4Cc4ccccc4)N3C2=O)cnc1C#N. The predicted octanol–water partition coefficient (Wildman–Crippen LogP) is 3.24. The summed E-state index contributed by atoms with van der Waals surface area (Å²) in [7, 11) is 0. The molecule has 4 amide bonds. The maximum atomic E-state index is 14.0. The number of rotatable bonds is 4. The standard InChI is InChI=1S/C29H29N7O3/c1-17-10-19(14-31-21(17)13-30)36-27(38)25-22-11-20(35(25)28(36)39)16-33(22)26(37)23-12-24(29(2,3)4)32-34(23)15-18-8-6-5-7-9-18/h5-10,12,14,20,22,25H,11,15-16H2,1-4H3. The summed E-state index contributed by atoms with van der Waals surface area (Å²) >= 11 is 0. The molecule has 3 aliphatic rings. The molecule has 0 aliphatic carbocycles. The number of nitrogens with zero attached hydrogens (tertiary/aromatic N) is 7. The number of piperazine rings is 1. The second-order valence-corrected chi connectivity index (χ2v) is 11.5. The van der Waals surface area contributed by atoms with Crippen molar-refractivity contribution in [3.8, 4) is 6.07 Å². The number of benzene rings is 1. The molecule has 3 aromatic rings. The van der Waals surface area contributed by atoms with Crippen LogP contribution in [-0.4, -0.2) is 67.1 Å². The van der Waals surface area contributed by atoms with E-state index in [1.54, 1.807) is 27.5 Å². The van der Waals surface area contributed by atoms with Crippen LogP contribution in [0.15, 0.2) is 48.7 Å². The average Bonchev–Trinajstić information content (AvgIpc) is 3.66. The number of aryl methyl sites for hydroxylation is 1. The van der Waals surface area contributed by atoms with E-state index in [2.05, 4.69) is 25.8 Å². The quantitative estimate of drug-likeness (QED) is 0.485. The minimum atomic E-state index is -0.747. The number of likely N-dealkylation sites (tertiary alicyclic amines) is 1. The van der Waals surface area contributed by atoms with Crippen LogP contribution in [0.2, 0.25) is 0 Å². The molecular formula is C29H29N7O3. The van der Waals surface area contributed by atoms with Crippen LogP contribution in [0.5, 0.6) is 0 Å². The van der Waals surface area contributed by atoms with Gasteiger partial charge in [0.05, 0.1) is 36.2 Å². The van der Waals surface area contributed by atoms with Gasteiger partial charge in [-0.15, -0.1) is 0 Å². The summed E-state index contributed by atoms with van der Waals surface area (Å²) in [6, 6.07) is 13.5. The highest BCUT2D eigenvalue weighted by atomic mass is 16.2. The molecule has 0 radical (unpaired) electrons. The molecule has 3 fully saturated rings. The summed E-state index contributed by atoms with van der Waals surface area (Å²) in [5.41, 5.74) is 3.24. The molecule has 3 unspecified atom stereocenters. The number of aromatic nitrogens is 3. The maximum Gasteiger partial charge on any atom is 0.332 e. The number of amides is 4. The van der Waals surface area contributed by atoms with Crippen LogP contribution in [0.25, 0.3) is 0 Å². The van der Waals surface area contributed by atoms with Crippen molar-refractivity contribution in [2.75, 3.05) is 11.4 Å². The molecule has 39 heavy (non-hydrogen) atoms. The third-order valence-electron chi connectivity index (χ3n) is 7.90. The lowest BCUT2D eigenvalue weighted by molar-refractivity contribution is -0.121. The molecule has 3 atom stereocenters. The zero-order chi connectivity index (χ0) is 27.6. The van der Waals surface area contributed by atoms with E-state index in [-0.39, 0.29) is 29.0 Å². The van der Waals surface area contributed by atoms with Crippen molar-refractivity contribution in [1.29, 1.82) is 5.26 Å². The summed E-state index contributed by atoms with van der Waals surface area (Å²) in [6.07, 6.45) is 1.94. The van der Waals surface area contributed by atoms with Gasteiger partial charge in [-0.1, -0.05) is 51.1 Å². The number of nitriles is 1. The topological polar surface area (TPSA) is 115 Å². The van der Waals surface area contributed by atoms with Crippen molar-refractivity contribution in [3.63, 3.8) is 0 Å². The van der Waals surface area contributed by atoms with Gasteiger partial charge >= 0.3 is 6.03 Å². The molecule has 5 heterocycles. The first-order valence-electron chi connectivity index (χ1n) is 13.0. The molecule has 6 rings (SSSR count). The lowest BCUT2D eigenvalue weighted by atomic mass is 9.92. The molecule has 198 valence electrons. The summed E-state index contributed by atoms with van der Waals surface area (Å²) in [4.78, 5) is 49.6. The van der Waals surface area contributed by atoms with Crippen molar-refractivity contribution in [2.45, 2.75) is 64.2 Å². The van der Waals surface area contributed by atoms with Gasteiger partial charge in [-0.25, -0.2) is 14.7 Å². The fraction of sp³-hybridized carbons (Fsp3) is 0.379. The number of hydrogen-bond acceptors (Lipinski definition) is 6. The molecule has 0 spiro atoms. The Labute approximate surface area is 226 Å². The molecule has 10 heteroatoms. The van der Waals surface area contributed by atoms with E-state index in [4.69, 9.17) is 5.10 Å². The van der Waals surface area contributed by atoms with Crippen molar-refractivity contribution in [2.24, 2.45) is 0 Å². The molecular weight excluding hydrogens is 494 g/mol. The summed E-state index contributed by atoms with van der Waals surface area (Å²) in [5, 5.41) is 14.0. The number of hydrogen-bond donors (Lipinski definition) is 0. The number of carbonyl (C=O) groups excluding carboxylic acids is 3. The number of fused-ring (bicyclic) bond motifs is 5. The van der Waals surface area contributed by atoms with E-state index >= 15 is 0 Å². The first kappa shape index (κ1) is 24.8. The fourth-order valence-electron chi connectivity index (χ4n) is 5.91. The van der Waals surface area contributed by atoms with E-state index in [1.807, 2.05) is 42.5 Å². The van der Waals surface area contributed by atoms with E-state index in [0.29, 0.717) is 36.5 Å². The average molecular weight is 524 g/mol. The lowest BCUT2D eigenvalue weighted by Crippen LogP contribution is -2.55. The molecule has 2 bridgehead atoms. The minimum absolute atomic E-state index is 0.185. The molecule has 3 aliphatic heterocycles. The Morgan fingerprint density at radius 3 is 2.56 bits per heavy atom. The Balaban J connectivity index is 1.30. The van der Waals surface area contributed by atoms with Crippen LogP contribution < -0.4 is 4.90 Å². The first-order chi connectivity index (χ1) is 18.6. The van der Waals surface area contributed by atoms with Gasteiger partial charge in [0.1, 0.15) is 23.5 Å². The summed E-state index contributed by atoms with van der Waals surface area (Å²) in [6.45, 7) is 8.70.